The van der Waals surface area contributed by atoms with E-state index >= 15 is 0 Å². The lowest BCUT2D eigenvalue weighted by molar-refractivity contribution is -0.136. The van der Waals surface area contributed by atoms with Gasteiger partial charge in [-0.25, -0.2) is 0 Å². The lowest BCUT2D eigenvalue weighted by Crippen LogP contribution is -2.24. The summed E-state index contributed by atoms with van der Waals surface area (Å²) in [5.74, 6) is -0.294. The van der Waals surface area contributed by atoms with Crippen molar-refractivity contribution >= 4 is 17.7 Å². The first kappa shape index (κ1) is 15.6. The van der Waals surface area contributed by atoms with Gasteiger partial charge in [0.2, 0.25) is 0 Å². The van der Waals surface area contributed by atoms with Crippen LogP contribution in [0.5, 0.6) is 0 Å². The van der Waals surface area contributed by atoms with Crippen LogP contribution in [0.4, 0.5) is 0 Å². The molecule has 21 heavy (non-hydrogen) atoms. The van der Waals surface area contributed by atoms with Crippen LogP contribution in [0.2, 0.25) is 0 Å². The van der Waals surface area contributed by atoms with E-state index in [2.05, 4.69) is 0 Å². The van der Waals surface area contributed by atoms with Crippen LogP contribution >= 0.6 is 11.8 Å². The molecular weight excluding hydrogens is 284 g/mol. The molecule has 0 aliphatic heterocycles. The van der Waals surface area contributed by atoms with E-state index in [4.69, 9.17) is 5.11 Å². The van der Waals surface area contributed by atoms with Gasteiger partial charge in [-0.2, -0.15) is 0 Å². The molecule has 0 aliphatic carbocycles. The lowest BCUT2D eigenvalue weighted by atomic mass is 9.99. The first-order chi connectivity index (χ1) is 9.97. The SMILES string of the molecule is CC(O)(CSc1ccc(CC(=O)O)cc1)c1ccccc1. The Kier molecular flexibility index (Phi) is 5.04. The molecule has 0 aliphatic rings. The molecule has 0 radical (unpaired) electrons. The van der Waals surface area contributed by atoms with Crippen molar-refractivity contribution in [2.24, 2.45) is 0 Å². The van der Waals surface area contributed by atoms with E-state index in [1.165, 1.54) is 0 Å². The Morgan fingerprint density at radius 1 is 1.10 bits per heavy atom. The minimum atomic E-state index is -0.897. The van der Waals surface area contributed by atoms with E-state index in [1.54, 1.807) is 18.7 Å². The smallest absolute Gasteiger partial charge is 0.307 e. The molecule has 0 fully saturated rings. The number of aliphatic carboxylic acids is 1. The molecule has 3 nitrogen and oxygen atoms in total. The van der Waals surface area contributed by atoms with Crippen LogP contribution in [0, 0.1) is 0 Å². The summed E-state index contributed by atoms with van der Waals surface area (Å²) >= 11 is 1.55. The van der Waals surface area contributed by atoms with E-state index in [0.717, 1.165) is 16.0 Å². The van der Waals surface area contributed by atoms with Gasteiger partial charge in [-0.1, -0.05) is 42.5 Å². The summed E-state index contributed by atoms with van der Waals surface area (Å²) in [7, 11) is 0. The molecule has 0 bridgehead atoms. The summed E-state index contributed by atoms with van der Waals surface area (Å²) < 4.78 is 0. The van der Waals surface area contributed by atoms with Gasteiger partial charge >= 0.3 is 5.97 Å². The fraction of sp³-hybridized carbons (Fsp3) is 0.235. The zero-order valence-electron chi connectivity index (χ0n) is 11.8. The zero-order valence-corrected chi connectivity index (χ0v) is 12.6. The van der Waals surface area contributed by atoms with Crippen molar-refractivity contribution in [3.05, 3.63) is 65.7 Å². The molecule has 0 saturated heterocycles. The fourth-order valence-electron chi connectivity index (χ4n) is 1.98. The van der Waals surface area contributed by atoms with Crippen LogP contribution in [0.25, 0.3) is 0 Å². The highest BCUT2D eigenvalue weighted by molar-refractivity contribution is 7.99. The number of carboxylic acids is 1. The highest BCUT2D eigenvalue weighted by Crippen LogP contribution is 2.29. The third-order valence-corrected chi connectivity index (χ3v) is 4.51. The lowest BCUT2D eigenvalue weighted by Gasteiger charge is -2.23. The molecule has 0 amide bonds. The van der Waals surface area contributed by atoms with Crippen molar-refractivity contribution < 1.29 is 15.0 Å². The minimum absolute atomic E-state index is 0.0344. The number of rotatable bonds is 6. The third kappa shape index (κ3) is 4.62. The summed E-state index contributed by atoms with van der Waals surface area (Å²) in [6.07, 6.45) is 0.0344. The highest BCUT2D eigenvalue weighted by atomic mass is 32.2. The number of thioether (sulfide) groups is 1. The Labute approximate surface area is 128 Å². The number of aliphatic hydroxyl groups is 1. The van der Waals surface area contributed by atoms with Crippen molar-refractivity contribution in [3.63, 3.8) is 0 Å². The maximum Gasteiger partial charge on any atom is 0.307 e. The Morgan fingerprint density at radius 2 is 1.71 bits per heavy atom. The minimum Gasteiger partial charge on any atom is -0.481 e. The summed E-state index contributed by atoms with van der Waals surface area (Å²) in [5, 5.41) is 19.3. The van der Waals surface area contributed by atoms with E-state index in [9.17, 15) is 9.90 Å². The van der Waals surface area contributed by atoms with E-state index in [-0.39, 0.29) is 6.42 Å². The maximum atomic E-state index is 10.6. The van der Waals surface area contributed by atoms with Gasteiger partial charge in [0, 0.05) is 10.6 Å². The number of hydrogen-bond acceptors (Lipinski definition) is 3. The maximum absolute atomic E-state index is 10.6. The van der Waals surface area contributed by atoms with Gasteiger partial charge in [0.05, 0.1) is 12.0 Å². The second kappa shape index (κ2) is 6.78. The predicted molar refractivity (Wildman–Crippen MR) is 84.5 cm³/mol. The molecule has 2 N–H and O–H groups in total. The highest BCUT2D eigenvalue weighted by Gasteiger charge is 2.22. The van der Waals surface area contributed by atoms with Gasteiger partial charge in [-0.05, 0) is 30.2 Å². The van der Waals surface area contributed by atoms with Crippen molar-refractivity contribution in [2.75, 3.05) is 5.75 Å². The second-order valence-electron chi connectivity index (χ2n) is 5.14. The molecule has 110 valence electrons. The summed E-state index contributed by atoms with van der Waals surface area (Å²) in [4.78, 5) is 11.6. The van der Waals surface area contributed by atoms with E-state index in [1.807, 2.05) is 54.6 Å². The number of carboxylic acid groups (broad SMARTS) is 1. The zero-order chi connectivity index (χ0) is 15.3. The quantitative estimate of drug-likeness (QED) is 0.804. The van der Waals surface area contributed by atoms with E-state index in [0.29, 0.717) is 5.75 Å². The molecule has 1 unspecified atom stereocenters. The Bertz CT molecular complexity index is 591. The summed E-state index contributed by atoms with van der Waals surface area (Å²) in [6.45, 7) is 1.80. The molecule has 0 aromatic heterocycles. The monoisotopic (exact) mass is 302 g/mol. The Morgan fingerprint density at radius 3 is 2.29 bits per heavy atom. The first-order valence-electron chi connectivity index (χ1n) is 6.69. The van der Waals surface area contributed by atoms with Crippen molar-refractivity contribution in [1.29, 1.82) is 0 Å². The average Bonchev–Trinajstić information content (AvgIpc) is 2.47. The van der Waals surface area contributed by atoms with Gasteiger partial charge in [0.15, 0.2) is 0 Å². The molecule has 2 rings (SSSR count). The second-order valence-corrected chi connectivity index (χ2v) is 6.19. The van der Waals surface area contributed by atoms with Crippen molar-refractivity contribution in [3.8, 4) is 0 Å². The fourth-order valence-corrected chi connectivity index (χ4v) is 2.93. The number of benzene rings is 2. The molecule has 4 heteroatoms. The topological polar surface area (TPSA) is 57.5 Å². The number of hydrogen-bond donors (Lipinski definition) is 2. The average molecular weight is 302 g/mol. The van der Waals surface area contributed by atoms with Crippen LogP contribution in [0.1, 0.15) is 18.1 Å². The largest absolute Gasteiger partial charge is 0.481 e. The van der Waals surface area contributed by atoms with Gasteiger partial charge in [0.1, 0.15) is 0 Å². The van der Waals surface area contributed by atoms with Crippen LogP contribution in [0.15, 0.2) is 59.5 Å². The Hall–Kier alpha value is -1.78. The van der Waals surface area contributed by atoms with E-state index < -0.39 is 11.6 Å². The Balaban J connectivity index is 1.98. The molecule has 0 heterocycles. The molecule has 2 aromatic rings. The molecular formula is C17H18O3S. The van der Waals surface area contributed by atoms with Crippen LogP contribution < -0.4 is 0 Å². The summed E-state index contributed by atoms with van der Waals surface area (Å²) in [6, 6.07) is 17.0. The van der Waals surface area contributed by atoms with Crippen LogP contribution in [-0.2, 0) is 16.8 Å². The predicted octanol–water partition coefficient (Wildman–Crippen LogP) is 3.31. The van der Waals surface area contributed by atoms with Gasteiger partial charge in [0.25, 0.3) is 0 Å². The molecule has 0 spiro atoms. The van der Waals surface area contributed by atoms with Crippen LogP contribution in [0.3, 0.4) is 0 Å². The standard InChI is InChI=1S/C17H18O3S/c1-17(20,14-5-3-2-4-6-14)12-21-15-9-7-13(8-10-15)11-16(18)19/h2-10,20H,11-12H2,1H3,(H,18,19). The van der Waals surface area contributed by atoms with Crippen molar-refractivity contribution in [2.45, 2.75) is 23.8 Å². The molecule has 2 aromatic carbocycles. The van der Waals surface area contributed by atoms with Gasteiger partial charge in [-0.15, -0.1) is 11.8 Å². The molecule has 1 atom stereocenters. The molecule has 0 saturated carbocycles. The third-order valence-electron chi connectivity index (χ3n) is 3.19. The normalized spacial score (nSPS) is 13.6. The summed E-state index contributed by atoms with van der Waals surface area (Å²) in [5.41, 5.74) is 0.771. The van der Waals surface area contributed by atoms with Crippen LogP contribution in [-0.4, -0.2) is 21.9 Å². The van der Waals surface area contributed by atoms with Gasteiger partial charge in [-0.3, -0.25) is 4.79 Å². The first-order valence-corrected chi connectivity index (χ1v) is 7.67. The number of carbonyl (C=O) groups is 1. The van der Waals surface area contributed by atoms with Gasteiger partial charge < -0.3 is 10.2 Å². The van der Waals surface area contributed by atoms with Crippen molar-refractivity contribution in [1.82, 2.24) is 0 Å².